The van der Waals surface area contributed by atoms with Crippen LogP contribution >= 0.6 is 15.9 Å². The monoisotopic (exact) mass is 250 g/mol. The summed E-state index contributed by atoms with van der Waals surface area (Å²) < 4.78 is 5.24. The van der Waals surface area contributed by atoms with Gasteiger partial charge in [0.05, 0.1) is 5.92 Å². The standard InChI is InChI=1S/C10H19BrO2/c1-8(6-5-7-11)9(12)13-10(2,3)4/h8H,5-7H2,1-4H3. The van der Waals surface area contributed by atoms with E-state index in [4.69, 9.17) is 4.74 Å². The van der Waals surface area contributed by atoms with Gasteiger partial charge in [0, 0.05) is 5.33 Å². The van der Waals surface area contributed by atoms with Crippen molar-refractivity contribution in [3.05, 3.63) is 0 Å². The van der Waals surface area contributed by atoms with Crippen molar-refractivity contribution in [3.8, 4) is 0 Å². The van der Waals surface area contributed by atoms with Crippen molar-refractivity contribution in [2.45, 2.75) is 46.1 Å². The summed E-state index contributed by atoms with van der Waals surface area (Å²) in [6.07, 6.45) is 1.90. The minimum absolute atomic E-state index is 0.0109. The first kappa shape index (κ1) is 12.9. The van der Waals surface area contributed by atoms with Gasteiger partial charge in [-0.15, -0.1) is 0 Å². The van der Waals surface area contributed by atoms with E-state index in [-0.39, 0.29) is 17.5 Å². The van der Waals surface area contributed by atoms with E-state index >= 15 is 0 Å². The molecule has 0 spiro atoms. The molecule has 1 unspecified atom stereocenters. The lowest BCUT2D eigenvalue weighted by molar-refractivity contribution is -0.159. The van der Waals surface area contributed by atoms with E-state index in [2.05, 4.69) is 15.9 Å². The van der Waals surface area contributed by atoms with Crippen LogP contribution in [0.4, 0.5) is 0 Å². The smallest absolute Gasteiger partial charge is 0.309 e. The molecule has 2 nitrogen and oxygen atoms in total. The van der Waals surface area contributed by atoms with Gasteiger partial charge in [0.25, 0.3) is 0 Å². The first-order valence-corrected chi connectivity index (χ1v) is 5.78. The number of halogens is 1. The summed E-state index contributed by atoms with van der Waals surface area (Å²) in [6.45, 7) is 7.59. The van der Waals surface area contributed by atoms with E-state index in [0.717, 1.165) is 18.2 Å². The van der Waals surface area contributed by atoms with Crippen molar-refractivity contribution in [3.63, 3.8) is 0 Å². The molecule has 0 amide bonds. The van der Waals surface area contributed by atoms with Crippen LogP contribution in [0.25, 0.3) is 0 Å². The third-order valence-corrected chi connectivity index (χ3v) is 2.14. The Labute approximate surface area is 89.2 Å². The van der Waals surface area contributed by atoms with Crippen LogP contribution in [-0.2, 0) is 9.53 Å². The highest BCUT2D eigenvalue weighted by atomic mass is 79.9. The Kier molecular flexibility index (Phi) is 5.61. The highest BCUT2D eigenvalue weighted by molar-refractivity contribution is 9.09. The van der Waals surface area contributed by atoms with Crippen LogP contribution in [0, 0.1) is 5.92 Å². The molecule has 0 aliphatic rings. The predicted octanol–water partition coefficient (Wildman–Crippen LogP) is 3.14. The van der Waals surface area contributed by atoms with E-state index in [1.54, 1.807) is 0 Å². The van der Waals surface area contributed by atoms with Crippen molar-refractivity contribution in [1.29, 1.82) is 0 Å². The Balaban J connectivity index is 3.83. The van der Waals surface area contributed by atoms with Gasteiger partial charge in [0.2, 0.25) is 0 Å². The second kappa shape index (κ2) is 5.63. The van der Waals surface area contributed by atoms with Gasteiger partial charge in [0.15, 0.2) is 0 Å². The molecule has 0 saturated heterocycles. The van der Waals surface area contributed by atoms with Crippen molar-refractivity contribution < 1.29 is 9.53 Å². The third-order valence-electron chi connectivity index (χ3n) is 1.58. The summed E-state index contributed by atoms with van der Waals surface area (Å²) in [5.41, 5.74) is -0.361. The molecule has 0 N–H and O–H groups in total. The number of esters is 1. The number of hydrogen-bond acceptors (Lipinski definition) is 2. The fraction of sp³-hybridized carbons (Fsp3) is 0.900. The highest BCUT2D eigenvalue weighted by Crippen LogP contribution is 2.14. The van der Waals surface area contributed by atoms with Crippen LogP contribution in [0.3, 0.4) is 0 Å². The minimum Gasteiger partial charge on any atom is -0.460 e. The Bertz CT molecular complexity index is 161. The topological polar surface area (TPSA) is 26.3 Å². The van der Waals surface area contributed by atoms with Crippen LogP contribution in [0.15, 0.2) is 0 Å². The highest BCUT2D eigenvalue weighted by Gasteiger charge is 2.20. The summed E-state index contributed by atoms with van der Waals surface area (Å²) in [4.78, 5) is 11.4. The number of hydrogen-bond donors (Lipinski definition) is 0. The molecule has 0 aromatic carbocycles. The fourth-order valence-corrected chi connectivity index (χ4v) is 1.23. The molecule has 1 atom stereocenters. The molecule has 0 aliphatic heterocycles. The zero-order valence-electron chi connectivity index (χ0n) is 8.89. The molecule has 0 aromatic heterocycles. The molecule has 3 heteroatoms. The van der Waals surface area contributed by atoms with Gasteiger partial charge in [-0.1, -0.05) is 22.9 Å². The van der Waals surface area contributed by atoms with Crippen LogP contribution in [0.1, 0.15) is 40.5 Å². The van der Waals surface area contributed by atoms with Gasteiger partial charge >= 0.3 is 5.97 Å². The third kappa shape index (κ3) is 7.05. The average Bonchev–Trinajstić information content (AvgIpc) is 1.96. The van der Waals surface area contributed by atoms with E-state index in [0.29, 0.717) is 0 Å². The molecular weight excluding hydrogens is 232 g/mol. The number of alkyl halides is 1. The molecule has 0 saturated carbocycles. The largest absolute Gasteiger partial charge is 0.460 e. The van der Waals surface area contributed by atoms with Crippen LogP contribution in [-0.4, -0.2) is 16.9 Å². The van der Waals surface area contributed by atoms with E-state index in [1.807, 2.05) is 27.7 Å². The van der Waals surface area contributed by atoms with Gasteiger partial charge in [-0.05, 0) is 33.6 Å². The van der Waals surface area contributed by atoms with E-state index in [9.17, 15) is 4.79 Å². The van der Waals surface area contributed by atoms with Crippen molar-refractivity contribution in [2.24, 2.45) is 5.92 Å². The Hall–Kier alpha value is -0.0500. The van der Waals surface area contributed by atoms with Gasteiger partial charge in [-0.3, -0.25) is 4.79 Å². The van der Waals surface area contributed by atoms with Crippen LogP contribution < -0.4 is 0 Å². The number of ether oxygens (including phenoxy) is 1. The quantitative estimate of drug-likeness (QED) is 0.566. The Morgan fingerprint density at radius 2 is 2.00 bits per heavy atom. The lowest BCUT2D eigenvalue weighted by atomic mass is 10.1. The van der Waals surface area contributed by atoms with Gasteiger partial charge < -0.3 is 4.74 Å². The van der Waals surface area contributed by atoms with Crippen LogP contribution in [0.2, 0.25) is 0 Å². The molecule has 0 radical (unpaired) electrons. The normalized spacial score (nSPS) is 13.9. The first-order valence-electron chi connectivity index (χ1n) is 4.65. The van der Waals surface area contributed by atoms with Crippen molar-refractivity contribution in [2.75, 3.05) is 5.33 Å². The molecule has 0 bridgehead atoms. The maximum absolute atomic E-state index is 11.4. The molecule has 0 aliphatic carbocycles. The summed E-state index contributed by atoms with van der Waals surface area (Å²) >= 11 is 3.34. The van der Waals surface area contributed by atoms with E-state index < -0.39 is 0 Å². The second-order valence-corrected chi connectivity index (χ2v) is 5.06. The van der Waals surface area contributed by atoms with Crippen molar-refractivity contribution >= 4 is 21.9 Å². The lowest BCUT2D eigenvalue weighted by Gasteiger charge is -2.22. The number of carbonyl (C=O) groups excluding carboxylic acids is 1. The SMILES string of the molecule is CC(CCCBr)C(=O)OC(C)(C)C. The molecule has 78 valence electrons. The van der Waals surface area contributed by atoms with Gasteiger partial charge in [-0.25, -0.2) is 0 Å². The Morgan fingerprint density at radius 1 is 1.46 bits per heavy atom. The summed E-state index contributed by atoms with van der Waals surface area (Å²) in [7, 11) is 0. The zero-order valence-corrected chi connectivity index (χ0v) is 10.5. The molecule has 0 aromatic rings. The number of rotatable bonds is 4. The molecule has 13 heavy (non-hydrogen) atoms. The van der Waals surface area contributed by atoms with Gasteiger partial charge in [-0.2, -0.15) is 0 Å². The maximum Gasteiger partial charge on any atom is 0.309 e. The minimum atomic E-state index is -0.361. The average molecular weight is 251 g/mol. The summed E-state index contributed by atoms with van der Waals surface area (Å²) in [5.74, 6) is -0.0785. The second-order valence-electron chi connectivity index (χ2n) is 4.27. The van der Waals surface area contributed by atoms with Gasteiger partial charge in [0.1, 0.15) is 5.60 Å². The zero-order chi connectivity index (χ0) is 10.5. The molecular formula is C10H19BrO2. The van der Waals surface area contributed by atoms with E-state index in [1.165, 1.54) is 0 Å². The Morgan fingerprint density at radius 3 is 2.38 bits per heavy atom. The molecule has 0 fully saturated rings. The molecule has 0 heterocycles. The van der Waals surface area contributed by atoms with Crippen LogP contribution in [0.5, 0.6) is 0 Å². The predicted molar refractivity (Wildman–Crippen MR) is 58.0 cm³/mol. The maximum atomic E-state index is 11.4. The summed E-state index contributed by atoms with van der Waals surface area (Å²) in [6, 6.07) is 0. The van der Waals surface area contributed by atoms with Crippen molar-refractivity contribution in [1.82, 2.24) is 0 Å². The number of carbonyl (C=O) groups is 1. The molecule has 0 rings (SSSR count). The summed E-state index contributed by atoms with van der Waals surface area (Å²) in [5, 5.41) is 0.945. The first-order chi connectivity index (χ1) is 5.87. The fourth-order valence-electron chi connectivity index (χ4n) is 0.904. The lowest BCUT2D eigenvalue weighted by Crippen LogP contribution is -2.27.